The van der Waals surface area contributed by atoms with Gasteiger partial charge in [-0.05, 0) is 55.3 Å². The molecule has 0 unspecified atom stereocenters. The minimum absolute atomic E-state index is 0.0188. The maximum atomic E-state index is 12.8. The predicted octanol–water partition coefficient (Wildman–Crippen LogP) is 3.73. The summed E-state index contributed by atoms with van der Waals surface area (Å²) in [5.41, 5.74) is 2.33. The zero-order valence-electron chi connectivity index (χ0n) is 13.3. The third-order valence-corrected chi connectivity index (χ3v) is 6.13. The van der Waals surface area contributed by atoms with Crippen LogP contribution < -0.4 is 0 Å². The van der Waals surface area contributed by atoms with Gasteiger partial charge in [-0.1, -0.05) is 40.2 Å². The van der Waals surface area contributed by atoms with E-state index in [9.17, 15) is 8.42 Å². The molecule has 0 saturated heterocycles. The summed E-state index contributed by atoms with van der Waals surface area (Å²) in [5, 5.41) is 7.91. The van der Waals surface area contributed by atoms with Crippen molar-refractivity contribution in [3.8, 4) is 5.69 Å². The van der Waals surface area contributed by atoms with Crippen LogP contribution in [0.2, 0.25) is 0 Å². The number of halogens is 1. The molecule has 7 heteroatoms. The zero-order chi connectivity index (χ0) is 17.3. The van der Waals surface area contributed by atoms with Gasteiger partial charge in [-0.3, -0.25) is 0 Å². The smallest absolute Gasteiger partial charge is 0.217 e. The van der Waals surface area contributed by atoms with Gasteiger partial charge in [-0.2, -0.15) is 0 Å². The molecule has 1 aromatic heterocycles. The summed E-state index contributed by atoms with van der Waals surface area (Å²) in [4.78, 5) is 0.227. The van der Waals surface area contributed by atoms with E-state index < -0.39 is 9.84 Å². The average Bonchev–Trinajstić information content (AvgIpc) is 2.98. The molecule has 2 aromatic carbocycles. The normalized spacial score (nSPS) is 11.6. The van der Waals surface area contributed by atoms with Gasteiger partial charge in [0.25, 0.3) is 0 Å². The van der Waals surface area contributed by atoms with Gasteiger partial charge < -0.3 is 0 Å². The minimum atomic E-state index is -3.69. The van der Waals surface area contributed by atoms with Crippen LogP contribution in [0.5, 0.6) is 0 Å². The van der Waals surface area contributed by atoms with E-state index in [1.165, 1.54) is 4.68 Å². The molecular weight excluding hydrogens is 390 g/mol. The maximum absolute atomic E-state index is 12.8. The third kappa shape index (κ3) is 3.01. The van der Waals surface area contributed by atoms with Crippen molar-refractivity contribution in [3.63, 3.8) is 0 Å². The molecule has 124 valence electrons. The molecule has 0 aliphatic heterocycles. The Kier molecular flexibility index (Phi) is 4.56. The molecule has 0 amide bonds. The van der Waals surface area contributed by atoms with Gasteiger partial charge in [0.05, 0.1) is 16.3 Å². The summed E-state index contributed by atoms with van der Waals surface area (Å²) >= 11 is 3.37. The number of nitrogens with zero attached hydrogens (tertiary/aromatic N) is 3. The minimum Gasteiger partial charge on any atom is -0.217 e. The van der Waals surface area contributed by atoms with Gasteiger partial charge in [0.1, 0.15) is 0 Å². The van der Waals surface area contributed by atoms with Crippen molar-refractivity contribution in [1.82, 2.24) is 15.0 Å². The number of hydrogen-bond acceptors (Lipinski definition) is 4. The molecule has 0 fully saturated rings. The summed E-state index contributed by atoms with van der Waals surface area (Å²) in [6, 6.07) is 14.3. The quantitative estimate of drug-likeness (QED) is 0.662. The fraction of sp³-hybridized carbons (Fsp3) is 0.176. The maximum Gasteiger partial charge on any atom is 0.227 e. The highest BCUT2D eigenvalue weighted by Gasteiger charge is 2.25. The van der Waals surface area contributed by atoms with Gasteiger partial charge >= 0.3 is 0 Å². The molecule has 0 N–H and O–H groups in total. The van der Waals surface area contributed by atoms with Gasteiger partial charge in [-0.15, -0.1) is 5.10 Å². The zero-order valence-corrected chi connectivity index (χ0v) is 15.7. The number of rotatable bonds is 4. The predicted molar refractivity (Wildman–Crippen MR) is 95.1 cm³/mol. The number of benzene rings is 2. The van der Waals surface area contributed by atoms with Crippen molar-refractivity contribution < 1.29 is 8.42 Å². The van der Waals surface area contributed by atoms with Crippen LogP contribution in [-0.4, -0.2) is 23.4 Å². The monoisotopic (exact) mass is 405 g/mol. The second-order valence-corrected chi connectivity index (χ2v) is 8.15. The molecule has 0 bridgehead atoms. The molecular formula is C17H16BrN3O2S. The number of aryl methyl sites for hydroxylation is 1. The second-order valence-electron chi connectivity index (χ2n) is 5.37. The van der Waals surface area contributed by atoms with E-state index in [4.69, 9.17) is 0 Å². The molecule has 5 nitrogen and oxygen atoms in total. The standard InChI is InChI=1S/C17H16BrN3O2S/c1-3-13-4-10-16(11-5-13)24(22,23)17-12(2)21(20-19-17)15-8-6-14(18)7-9-15/h4-11H,3H2,1-2H3. The van der Waals surface area contributed by atoms with Crippen LogP contribution in [0.3, 0.4) is 0 Å². The van der Waals surface area contributed by atoms with Gasteiger partial charge in [0.2, 0.25) is 14.9 Å². The Bertz CT molecular complexity index is 962. The molecule has 1 heterocycles. The van der Waals surface area contributed by atoms with Crippen LogP contribution in [0, 0.1) is 6.92 Å². The fourth-order valence-electron chi connectivity index (χ4n) is 2.41. The first kappa shape index (κ1) is 16.9. The lowest BCUT2D eigenvalue weighted by atomic mass is 10.2. The van der Waals surface area contributed by atoms with Crippen LogP contribution in [0.1, 0.15) is 18.2 Å². The Labute approximate surface area is 149 Å². The average molecular weight is 406 g/mol. The van der Waals surface area contributed by atoms with Crippen molar-refractivity contribution in [2.75, 3.05) is 0 Å². The Morgan fingerprint density at radius 3 is 2.25 bits per heavy atom. The molecule has 3 aromatic rings. The Hall–Kier alpha value is -1.99. The fourth-order valence-corrected chi connectivity index (χ4v) is 4.01. The molecule has 0 aliphatic carbocycles. The van der Waals surface area contributed by atoms with Crippen molar-refractivity contribution in [2.45, 2.75) is 30.2 Å². The van der Waals surface area contributed by atoms with E-state index in [1.807, 2.05) is 43.3 Å². The Morgan fingerprint density at radius 2 is 1.67 bits per heavy atom. The first-order valence-corrected chi connectivity index (χ1v) is 9.73. The summed E-state index contributed by atoms with van der Waals surface area (Å²) in [7, 11) is -3.69. The second kappa shape index (κ2) is 6.49. The van der Waals surface area contributed by atoms with E-state index in [0.29, 0.717) is 5.69 Å². The summed E-state index contributed by atoms with van der Waals surface area (Å²) in [5.74, 6) is 0. The Balaban J connectivity index is 2.04. The van der Waals surface area contributed by atoms with Crippen LogP contribution >= 0.6 is 15.9 Å². The van der Waals surface area contributed by atoms with E-state index in [2.05, 4.69) is 26.2 Å². The van der Waals surface area contributed by atoms with Crippen LogP contribution in [0.4, 0.5) is 0 Å². The lowest BCUT2D eigenvalue weighted by molar-refractivity contribution is 0.591. The molecule has 0 saturated carbocycles. The first-order valence-electron chi connectivity index (χ1n) is 7.45. The van der Waals surface area contributed by atoms with Gasteiger partial charge in [0, 0.05) is 4.47 Å². The number of aromatic nitrogens is 3. The molecule has 3 rings (SSSR count). The van der Waals surface area contributed by atoms with Crippen molar-refractivity contribution >= 4 is 25.8 Å². The van der Waals surface area contributed by atoms with E-state index >= 15 is 0 Å². The molecule has 0 radical (unpaired) electrons. The van der Waals surface area contributed by atoms with Gasteiger partial charge in [-0.25, -0.2) is 13.1 Å². The first-order chi connectivity index (χ1) is 11.4. The lowest BCUT2D eigenvalue weighted by Gasteiger charge is -2.05. The largest absolute Gasteiger partial charge is 0.227 e. The van der Waals surface area contributed by atoms with Crippen molar-refractivity contribution in [3.05, 3.63) is 64.3 Å². The topological polar surface area (TPSA) is 64.8 Å². The summed E-state index contributed by atoms with van der Waals surface area (Å²) in [6.07, 6.45) is 0.860. The number of sulfone groups is 1. The van der Waals surface area contributed by atoms with Crippen LogP contribution in [-0.2, 0) is 16.3 Å². The highest BCUT2D eigenvalue weighted by Crippen LogP contribution is 2.24. The summed E-state index contributed by atoms with van der Waals surface area (Å²) in [6.45, 7) is 3.73. The van der Waals surface area contributed by atoms with Gasteiger partial charge in [0.15, 0.2) is 0 Å². The van der Waals surface area contributed by atoms with E-state index in [0.717, 1.165) is 22.1 Å². The molecule has 0 aliphatic rings. The van der Waals surface area contributed by atoms with Crippen LogP contribution in [0.25, 0.3) is 5.69 Å². The van der Waals surface area contributed by atoms with E-state index in [1.54, 1.807) is 19.1 Å². The molecule has 24 heavy (non-hydrogen) atoms. The highest BCUT2D eigenvalue weighted by atomic mass is 79.9. The van der Waals surface area contributed by atoms with Crippen molar-refractivity contribution in [1.29, 1.82) is 0 Å². The van der Waals surface area contributed by atoms with Crippen LogP contribution in [0.15, 0.2) is 62.9 Å². The lowest BCUT2D eigenvalue weighted by Crippen LogP contribution is -2.06. The van der Waals surface area contributed by atoms with Crippen molar-refractivity contribution in [2.24, 2.45) is 0 Å². The highest BCUT2D eigenvalue weighted by molar-refractivity contribution is 9.10. The number of hydrogen-bond donors (Lipinski definition) is 0. The SMILES string of the molecule is CCc1ccc(S(=O)(=O)c2nnn(-c3ccc(Br)cc3)c2C)cc1. The Morgan fingerprint density at radius 1 is 1.04 bits per heavy atom. The molecule has 0 spiro atoms. The van der Waals surface area contributed by atoms with E-state index in [-0.39, 0.29) is 9.92 Å². The summed E-state index contributed by atoms with van der Waals surface area (Å²) < 4.78 is 28.1. The molecule has 0 atom stereocenters. The third-order valence-electron chi connectivity index (χ3n) is 3.82.